The van der Waals surface area contributed by atoms with Gasteiger partial charge in [0.2, 0.25) is 0 Å². The Morgan fingerprint density at radius 1 is 1.21 bits per heavy atom. The first-order chi connectivity index (χ1) is 6.79. The first-order valence-corrected chi connectivity index (χ1v) is 6.68. The zero-order valence-electron chi connectivity index (χ0n) is 7.75. The normalized spacial score (nSPS) is 26.7. The second-order valence-electron chi connectivity index (χ2n) is 3.53. The van der Waals surface area contributed by atoms with Gasteiger partial charge in [0.1, 0.15) is 0 Å². The monoisotopic (exact) mass is 318 g/mol. The van der Waals surface area contributed by atoms with Crippen molar-refractivity contribution in [3.63, 3.8) is 0 Å². The van der Waals surface area contributed by atoms with Crippen molar-refractivity contribution >= 4 is 31.9 Å². The number of rotatable bonds is 2. The summed E-state index contributed by atoms with van der Waals surface area (Å²) in [6.45, 7) is 0. The van der Waals surface area contributed by atoms with Crippen molar-refractivity contribution in [1.82, 2.24) is 0 Å². The highest BCUT2D eigenvalue weighted by Gasteiger charge is 2.25. The van der Waals surface area contributed by atoms with Crippen molar-refractivity contribution < 1.29 is 4.74 Å². The van der Waals surface area contributed by atoms with Gasteiger partial charge in [-0.15, -0.1) is 0 Å². The van der Waals surface area contributed by atoms with Gasteiger partial charge in [-0.05, 0) is 30.5 Å². The van der Waals surface area contributed by atoms with Gasteiger partial charge in [0.15, 0.2) is 0 Å². The SMILES string of the molecule is BrC[C@H]1CC[C@H](c2ccc(Br)cc2)O1. The molecule has 0 aromatic heterocycles. The highest BCUT2D eigenvalue weighted by Crippen LogP contribution is 2.33. The van der Waals surface area contributed by atoms with Gasteiger partial charge in [-0.2, -0.15) is 0 Å². The van der Waals surface area contributed by atoms with Gasteiger partial charge >= 0.3 is 0 Å². The molecule has 0 unspecified atom stereocenters. The van der Waals surface area contributed by atoms with E-state index < -0.39 is 0 Å². The fourth-order valence-electron chi connectivity index (χ4n) is 1.74. The van der Waals surface area contributed by atoms with E-state index in [-0.39, 0.29) is 0 Å². The van der Waals surface area contributed by atoms with Crippen LogP contribution in [0.25, 0.3) is 0 Å². The third kappa shape index (κ3) is 2.38. The molecule has 0 N–H and O–H groups in total. The van der Waals surface area contributed by atoms with E-state index in [1.807, 2.05) is 0 Å². The van der Waals surface area contributed by atoms with Crippen molar-refractivity contribution in [2.24, 2.45) is 0 Å². The summed E-state index contributed by atoms with van der Waals surface area (Å²) in [4.78, 5) is 0. The molecule has 2 atom stereocenters. The predicted molar refractivity (Wildman–Crippen MR) is 64.8 cm³/mol. The summed E-state index contributed by atoms with van der Waals surface area (Å²) in [7, 11) is 0. The Morgan fingerprint density at radius 2 is 1.93 bits per heavy atom. The lowest BCUT2D eigenvalue weighted by Gasteiger charge is -2.12. The molecule has 0 amide bonds. The van der Waals surface area contributed by atoms with Gasteiger partial charge < -0.3 is 4.74 Å². The molecule has 1 saturated heterocycles. The Morgan fingerprint density at radius 3 is 2.50 bits per heavy atom. The summed E-state index contributed by atoms with van der Waals surface area (Å²) in [6, 6.07) is 8.40. The van der Waals surface area contributed by atoms with Crippen LogP contribution in [0.4, 0.5) is 0 Å². The molecule has 1 fully saturated rings. The van der Waals surface area contributed by atoms with Crippen LogP contribution in [0.15, 0.2) is 28.7 Å². The minimum Gasteiger partial charge on any atom is -0.369 e. The molecule has 1 aliphatic heterocycles. The second-order valence-corrected chi connectivity index (χ2v) is 5.09. The number of halogens is 2. The molecule has 1 nitrogen and oxygen atoms in total. The molecular formula is C11H12Br2O. The average molecular weight is 320 g/mol. The van der Waals surface area contributed by atoms with E-state index in [0.29, 0.717) is 12.2 Å². The summed E-state index contributed by atoms with van der Waals surface area (Å²) in [6.07, 6.45) is 2.98. The molecule has 0 radical (unpaired) electrons. The second kappa shape index (κ2) is 4.77. The average Bonchev–Trinajstić information content (AvgIpc) is 2.67. The number of hydrogen-bond donors (Lipinski definition) is 0. The molecule has 0 saturated carbocycles. The zero-order valence-corrected chi connectivity index (χ0v) is 10.9. The summed E-state index contributed by atoms with van der Waals surface area (Å²) in [5, 5.41) is 0.944. The Bertz CT molecular complexity index is 297. The van der Waals surface area contributed by atoms with E-state index in [0.717, 1.165) is 22.6 Å². The fraction of sp³-hybridized carbons (Fsp3) is 0.455. The number of hydrogen-bond acceptors (Lipinski definition) is 1. The lowest BCUT2D eigenvalue weighted by Crippen LogP contribution is -2.07. The van der Waals surface area contributed by atoms with Crippen molar-refractivity contribution in [2.75, 3.05) is 5.33 Å². The predicted octanol–water partition coefficient (Wildman–Crippen LogP) is 4.06. The lowest BCUT2D eigenvalue weighted by atomic mass is 10.1. The topological polar surface area (TPSA) is 9.23 Å². The lowest BCUT2D eigenvalue weighted by molar-refractivity contribution is 0.0588. The highest BCUT2D eigenvalue weighted by molar-refractivity contribution is 9.10. The van der Waals surface area contributed by atoms with E-state index in [2.05, 4.69) is 56.1 Å². The van der Waals surface area contributed by atoms with Crippen LogP contribution in [0, 0.1) is 0 Å². The van der Waals surface area contributed by atoms with Gasteiger partial charge in [-0.3, -0.25) is 0 Å². The fourth-order valence-corrected chi connectivity index (χ4v) is 2.48. The van der Waals surface area contributed by atoms with Crippen LogP contribution in [-0.2, 0) is 4.74 Å². The van der Waals surface area contributed by atoms with Crippen molar-refractivity contribution in [2.45, 2.75) is 25.0 Å². The van der Waals surface area contributed by atoms with Crippen LogP contribution in [0.3, 0.4) is 0 Å². The largest absolute Gasteiger partial charge is 0.369 e. The molecule has 0 aliphatic carbocycles. The minimum atomic E-state index is 0.297. The number of benzene rings is 1. The van der Waals surface area contributed by atoms with Crippen LogP contribution in [0.2, 0.25) is 0 Å². The molecule has 2 rings (SSSR count). The molecule has 1 aliphatic rings. The van der Waals surface area contributed by atoms with Crippen LogP contribution in [0.1, 0.15) is 24.5 Å². The van der Waals surface area contributed by atoms with Crippen molar-refractivity contribution in [1.29, 1.82) is 0 Å². The third-order valence-corrected chi connectivity index (χ3v) is 3.77. The van der Waals surface area contributed by atoms with Crippen LogP contribution >= 0.6 is 31.9 Å². The zero-order chi connectivity index (χ0) is 9.97. The number of ether oxygens (including phenoxy) is 1. The maximum atomic E-state index is 5.87. The summed E-state index contributed by atoms with van der Waals surface area (Å²) in [5.41, 5.74) is 1.29. The highest BCUT2D eigenvalue weighted by atomic mass is 79.9. The van der Waals surface area contributed by atoms with E-state index >= 15 is 0 Å². The van der Waals surface area contributed by atoms with Crippen molar-refractivity contribution in [3.05, 3.63) is 34.3 Å². The Balaban J connectivity index is 2.06. The Hall–Kier alpha value is 0.140. The standard InChI is InChI=1S/C11H12Br2O/c12-7-10-5-6-11(14-10)8-1-3-9(13)4-2-8/h1-4,10-11H,5-7H2/t10-,11-/m1/s1. The van der Waals surface area contributed by atoms with Gasteiger partial charge in [-0.25, -0.2) is 0 Å². The van der Waals surface area contributed by atoms with Gasteiger partial charge in [0, 0.05) is 9.80 Å². The summed E-state index contributed by atoms with van der Waals surface area (Å²) >= 11 is 6.89. The van der Waals surface area contributed by atoms with Gasteiger partial charge in [-0.1, -0.05) is 44.0 Å². The maximum Gasteiger partial charge on any atom is 0.0830 e. The smallest absolute Gasteiger partial charge is 0.0830 e. The van der Waals surface area contributed by atoms with E-state index in [9.17, 15) is 0 Å². The molecular weight excluding hydrogens is 308 g/mol. The first kappa shape index (κ1) is 10.7. The molecule has 14 heavy (non-hydrogen) atoms. The molecule has 0 spiro atoms. The molecule has 76 valence electrons. The van der Waals surface area contributed by atoms with Crippen molar-refractivity contribution in [3.8, 4) is 0 Å². The molecule has 0 bridgehead atoms. The van der Waals surface area contributed by atoms with E-state index in [1.54, 1.807) is 0 Å². The summed E-state index contributed by atoms with van der Waals surface area (Å²) in [5.74, 6) is 0. The van der Waals surface area contributed by atoms with E-state index in [4.69, 9.17) is 4.74 Å². The minimum absolute atomic E-state index is 0.297. The Kier molecular flexibility index (Phi) is 3.63. The maximum absolute atomic E-state index is 5.87. The van der Waals surface area contributed by atoms with Crippen LogP contribution in [0.5, 0.6) is 0 Å². The van der Waals surface area contributed by atoms with Gasteiger partial charge in [0.25, 0.3) is 0 Å². The first-order valence-electron chi connectivity index (χ1n) is 4.76. The molecule has 1 aromatic carbocycles. The van der Waals surface area contributed by atoms with Crippen LogP contribution in [-0.4, -0.2) is 11.4 Å². The molecule has 1 heterocycles. The quantitative estimate of drug-likeness (QED) is 0.747. The van der Waals surface area contributed by atoms with E-state index in [1.165, 1.54) is 5.56 Å². The third-order valence-electron chi connectivity index (χ3n) is 2.52. The van der Waals surface area contributed by atoms with Gasteiger partial charge in [0.05, 0.1) is 12.2 Å². The Labute approximate surface area is 101 Å². The number of alkyl halides is 1. The summed E-state index contributed by atoms with van der Waals surface area (Å²) < 4.78 is 7.00. The molecule has 3 heteroatoms. The molecule has 1 aromatic rings. The van der Waals surface area contributed by atoms with Crippen LogP contribution < -0.4 is 0 Å².